The number of piperidine rings is 1. The molecule has 0 bridgehead atoms. The van der Waals surface area contributed by atoms with Crippen LogP contribution in [-0.4, -0.2) is 51.2 Å². The number of nitrogens with one attached hydrogen (secondary N) is 1. The molecule has 10 heteroatoms. The van der Waals surface area contributed by atoms with Gasteiger partial charge in [-0.15, -0.1) is 5.10 Å². The lowest BCUT2D eigenvalue weighted by Crippen LogP contribution is -2.35. The van der Waals surface area contributed by atoms with Crippen LogP contribution in [0.1, 0.15) is 30.1 Å². The Balaban J connectivity index is 1.54. The summed E-state index contributed by atoms with van der Waals surface area (Å²) in [5, 5.41) is 6.86. The molecule has 3 heterocycles. The lowest BCUT2D eigenvalue weighted by Gasteiger charge is -2.31. The first-order valence-corrected chi connectivity index (χ1v) is 10.1. The van der Waals surface area contributed by atoms with Crippen LogP contribution < -0.4 is 15.9 Å². The third-order valence-corrected chi connectivity index (χ3v) is 5.32. The topological polar surface area (TPSA) is 111 Å². The van der Waals surface area contributed by atoms with Crippen molar-refractivity contribution in [3.05, 3.63) is 52.6 Å². The summed E-state index contributed by atoms with van der Waals surface area (Å²) in [5.41, 5.74) is 0.0658. The molecule has 0 aliphatic carbocycles. The molecule has 1 N–H and O–H groups in total. The normalized spacial score (nSPS) is 16.3. The van der Waals surface area contributed by atoms with E-state index in [0.29, 0.717) is 11.6 Å². The molecule has 1 aliphatic rings. The average molecular weight is 424 g/mol. The lowest BCUT2D eigenvalue weighted by atomic mass is 10.0. The standard InChI is InChI=1S/C21H24N6O4/c1-14-6-5-10-25(12-14)17-9-11-26-20(23-17)24-27(21(26)30)13-18(28)22-16-8-4-3-7-15(16)19(29)31-2/h3-4,7-9,11,14H,5-6,10,12-13H2,1-2H3,(H,22,28)/t14-/m1/s1. The van der Waals surface area contributed by atoms with E-state index in [1.807, 2.05) is 0 Å². The Kier molecular flexibility index (Phi) is 5.70. The van der Waals surface area contributed by atoms with Crippen molar-refractivity contribution in [2.45, 2.75) is 26.3 Å². The highest BCUT2D eigenvalue weighted by molar-refractivity contribution is 6.01. The van der Waals surface area contributed by atoms with Gasteiger partial charge in [0.05, 0.1) is 18.4 Å². The number of fused-ring (bicyclic) bond motifs is 1. The van der Waals surface area contributed by atoms with Gasteiger partial charge in [0.2, 0.25) is 5.91 Å². The van der Waals surface area contributed by atoms with Gasteiger partial charge in [-0.1, -0.05) is 19.1 Å². The molecule has 1 aliphatic heterocycles. The summed E-state index contributed by atoms with van der Waals surface area (Å²) in [7, 11) is 1.27. The van der Waals surface area contributed by atoms with Crippen LogP contribution in [0.5, 0.6) is 0 Å². The number of rotatable bonds is 5. The van der Waals surface area contributed by atoms with Crippen LogP contribution in [0.15, 0.2) is 41.3 Å². The first kappa shape index (κ1) is 20.6. The van der Waals surface area contributed by atoms with E-state index in [9.17, 15) is 14.4 Å². The van der Waals surface area contributed by atoms with Gasteiger partial charge in [0.15, 0.2) is 0 Å². The molecule has 1 amide bonds. The second kappa shape index (κ2) is 8.58. The maximum Gasteiger partial charge on any atom is 0.352 e. The smallest absolute Gasteiger partial charge is 0.352 e. The largest absolute Gasteiger partial charge is 0.465 e. The van der Waals surface area contributed by atoms with Gasteiger partial charge in [-0.05, 0) is 37.0 Å². The number of nitrogens with zero attached hydrogens (tertiary/aromatic N) is 5. The number of benzene rings is 1. The van der Waals surface area contributed by atoms with E-state index in [0.717, 1.165) is 30.0 Å². The molecule has 162 valence electrons. The van der Waals surface area contributed by atoms with Crippen LogP contribution in [0.2, 0.25) is 0 Å². The zero-order valence-corrected chi connectivity index (χ0v) is 17.4. The van der Waals surface area contributed by atoms with Crippen molar-refractivity contribution in [2.75, 3.05) is 30.4 Å². The van der Waals surface area contributed by atoms with E-state index >= 15 is 0 Å². The number of ether oxygens (including phenoxy) is 1. The number of hydrogen-bond donors (Lipinski definition) is 1. The Morgan fingerprint density at radius 3 is 2.84 bits per heavy atom. The number of carbonyl (C=O) groups excluding carboxylic acids is 2. The van der Waals surface area contributed by atoms with Gasteiger partial charge in [0.1, 0.15) is 12.4 Å². The van der Waals surface area contributed by atoms with E-state index in [1.165, 1.54) is 17.9 Å². The molecular formula is C21H24N6O4. The summed E-state index contributed by atoms with van der Waals surface area (Å²) in [4.78, 5) is 43.7. The van der Waals surface area contributed by atoms with Crippen molar-refractivity contribution in [1.82, 2.24) is 19.2 Å². The van der Waals surface area contributed by atoms with E-state index in [-0.39, 0.29) is 17.9 Å². The Bertz CT molecular complexity index is 1180. The maximum absolute atomic E-state index is 12.6. The fourth-order valence-corrected chi connectivity index (χ4v) is 3.78. The second-order valence-electron chi connectivity index (χ2n) is 7.67. The third-order valence-electron chi connectivity index (χ3n) is 5.32. The number of amides is 1. The molecule has 1 aromatic carbocycles. The molecule has 1 saturated heterocycles. The minimum Gasteiger partial charge on any atom is -0.465 e. The highest BCUT2D eigenvalue weighted by Crippen LogP contribution is 2.21. The molecule has 4 rings (SSSR count). The predicted molar refractivity (Wildman–Crippen MR) is 114 cm³/mol. The Morgan fingerprint density at radius 1 is 1.26 bits per heavy atom. The Labute approximate surface area is 178 Å². The van der Waals surface area contributed by atoms with Gasteiger partial charge in [-0.3, -0.25) is 4.79 Å². The average Bonchev–Trinajstić information content (AvgIpc) is 3.08. The summed E-state index contributed by atoms with van der Waals surface area (Å²) in [6, 6.07) is 8.29. The first-order chi connectivity index (χ1) is 15.0. The van der Waals surface area contributed by atoms with Gasteiger partial charge >= 0.3 is 11.7 Å². The Hall–Kier alpha value is -3.69. The number of methoxy groups -OCH3 is 1. The van der Waals surface area contributed by atoms with Gasteiger partial charge < -0.3 is 15.0 Å². The molecule has 0 unspecified atom stereocenters. The highest BCUT2D eigenvalue weighted by Gasteiger charge is 2.20. The van der Waals surface area contributed by atoms with Crippen molar-refractivity contribution < 1.29 is 14.3 Å². The number of anilines is 2. The summed E-state index contributed by atoms with van der Waals surface area (Å²) < 4.78 is 7.10. The zero-order chi connectivity index (χ0) is 22.0. The fourth-order valence-electron chi connectivity index (χ4n) is 3.78. The van der Waals surface area contributed by atoms with Crippen molar-refractivity contribution >= 4 is 29.2 Å². The van der Waals surface area contributed by atoms with Crippen molar-refractivity contribution in [3.63, 3.8) is 0 Å². The summed E-state index contributed by atoms with van der Waals surface area (Å²) in [6.45, 7) is 3.73. The van der Waals surface area contributed by atoms with Gasteiger partial charge in [-0.2, -0.15) is 4.98 Å². The molecule has 0 spiro atoms. The second-order valence-corrected chi connectivity index (χ2v) is 7.67. The van der Waals surface area contributed by atoms with E-state index < -0.39 is 17.6 Å². The van der Waals surface area contributed by atoms with Crippen LogP contribution in [0.3, 0.4) is 0 Å². The van der Waals surface area contributed by atoms with Gasteiger partial charge in [0, 0.05) is 19.3 Å². The van der Waals surface area contributed by atoms with Crippen LogP contribution in [-0.2, 0) is 16.1 Å². The van der Waals surface area contributed by atoms with Gasteiger partial charge in [0.25, 0.3) is 5.78 Å². The van der Waals surface area contributed by atoms with Crippen molar-refractivity contribution in [2.24, 2.45) is 5.92 Å². The predicted octanol–water partition coefficient (Wildman–Crippen LogP) is 1.55. The third kappa shape index (κ3) is 4.27. The maximum atomic E-state index is 12.6. The molecule has 1 atom stereocenters. The zero-order valence-electron chi connectivity index (χ0n) is 17.4. The van der Waals surface area contributed by atoms with E-state index in [4.69, 9.17) is 4.74 Å². The number of carbonyl (C=O) groups is 2. The monoisotopic (exact) mass is 424 g/mol. The number of aromatic nitrogens is 4. The molecular weight excluding hydrogens is 400 g/mol. The van der Waals surface area contributed by atoms with Crippen molar-refractivity contribution in [3.8, 4) is 0 Å². The number of hydrogen-bond acceptors (Lipinski definition) is 7. The molecule has 3 aromatic rings. The molecule has 2 aromatic heterocycles. The fraction of sp³-hybridized carbons (Fsp3) is 0.381. The number of esters is 1. The quantitative estimate of drug-likeness (QED) is 0.619. The van der Waals surface area contributed by atoms with Crippen LogP contribution in [0.25, 0.3) is 5.78 Å². The SMILES string of the molecule is COC(=O)c1ccccc1NC(=O)Cn1nc2nc(N3CCC[C@@H](C)C3)ccn2c1=O. The first-order valence-electron chi connectivity index (χ1n) is 10.1. The lowest BCUT2D eigenvalue weighted by molar-refractivity contribution is -0.117. The summed E-state index contributed by atoms with van der Waals surface area (Å²) in [5.74, 6) is 0.538. The molecule has 0 radical (unpaired) electrons. The highest BCUT2D eigenvalue weighted by atomic mass is 16.5. The molecule has 1 fully saturated rings. The van der Waals surface area contributed by atoms with Crippen molar-refractivity contribution in [1.29, 1.82) is 0 Å². The molecule has 10 nitrogen and oxygen atoms in total. The molecule has 0 saturated carbocycles. The molecule has 31 heavy (non-hydrogen) atoms. The Morgan fingerprint density at radius 2 is 2.06 bits per heavy atom. The summed E-state index contributed by atoms with van der Waals surface area (Å²) >= 11 is 0. The van der Waals surface area contributed by atoms with Crippen LogP contribution in [0, 0.1) is 5.92 Å². The minimum absolute atomic E-state index is 0.225. The number of para-hydroxylation sites is 1. The van der Waals surface area contributed by atoms with Crippen LogP contribution in [0.4, 0.5) is 11.5 Å². The van der Waals surface area contributed by atoms with E-state index in [2.05, 4.69) is 27.2 Å². The van der Waals surface area contributed by atoms with E-state index in [1.54, 1.807) is 36.5 Å². The van der Waals surface area contributed by atoms with Gasteiger partial charge in [-0.25, -0.2) is 18.7 Å². The summed E-state index contributed by atoms with van der Waals surface area (Å²) in [6.07, 6.45) is 3.93. The van der Waals surface area contributed by atoms with Crippen LogP contribution >= 0.6 is 0 Å². The minimum atomic E-state index is -0.565.